The Hall–Kier alpha value is -1.85. The molecule has 3 rings (SSSR count). The van der Waals surface area contributed by atoms with Crippen LogP contribution < -0.4 is 5.73 Å². The summed E-state index contributed by atoms with van der Waals surface area (Å²) < 4.78 is 4.80. The topological polar surface area (TPSA) is 69.4 Å². The number of fused-ring (bicyclic) bond motifs is 1. The van der Waals surface area contributed by atoms with Crippen LogP contribution in [0, 0.1) is 5.92 Å². The molecule has 114 valence electrons. The largest absolute Gasteiger partial charge is 0.469 e. The number of ether oxygens (including phenoxy) is 1. The van der Waals surface area contributed by atoms with E-state index in [0.29, 0.717) is 34.0 Å². The lowest BCUT2D eigenvalue weighted by Gasteiger charge is -2.08. The van der Waals surface area contributed by atoms with E-state index in [1.807, 2.05) is 0 Å². The molecule has 0 saturated heterocycles. The first-order valence-corrected chi connectivity index (χ1v) is 7.99. The standard InChI is InChI=1S/C16H14ClNO3S/c1-21-16(20)8-6-10-12(7-8)22-15(18)13(10)14(19)9-4-2-3-5-11(9)17/h2-5,8H,6-7,18H2,1H3/t8-/m0/s1. The SMILES string of the molecule is COC(=O)[C@@H]1Cc2sc(N)c(C(=O)c3ccccc3Cl)c2C1. The molecule has 1 aromatic heterocycles. The summed E-state index contributed by atoms with van der Waals surface area (Å²) in [6.07, 6.45) is 1.06. The molecule has 0 spiro atoms. The third kappa shape index (κ3) is 2.40. The van der Waals surface area contributed by atoms with Crippen molar-refractivity contribution in [1.29, 1.82) is 0 Å². The van der Waals surface area contributed by atoms with Gasteiger partial charge in [0.15, 0.2) is 5.78 Å². The molecule has 0 amide bonds. The summed E-state index contributed by atoms with van der Waals surface area (Å²) in [4.78, 5) is 25.5. The predicted octanol–water partition coefficient (Wildman–Crippen LogP) is 3.10. The van der Waals surface area contributed by atoms with Crippen LogP contribution in [0.2, 0.25) is 5.02 Å². The lowest BCUT2D eigenvalue weighted by Crippen LogP contribution is -2.17. The summed E-state index contributed by atoms with van der Waals surface area (Å²) in [7, 11) is 1.37. The molecule has 0 unspecified atom stereocenters. The quantitative estimate of drug-likeness (QED) is 0.691. The highest BCUT2D eigenvalue weighted by Gasteiger charge is 2.35. The molecule has 0 bridgehead atoms. The number of halogens is 1. The Balaban J connectivity index is 1.99. The van der Waals surface area contributed by atoms with E-state index in [-0.39, 0.29) is 17.7 Å². The minimum absolute atomic E-state index is 0.189. The Labute approximate surface area is 136 Å². The summed E-state index contributed by atoms with van der Waals surface area (Å²) in [5.74, 6) is -0.672. The number of carbonyl (C=O) groups excluding carboxylic acids is 2. The van der Waals surface area contributed by atoms with Crippen LogP contribution in [0.5, 0.6) is 0 Å². The van der Waals surface area contributed by atoms with Crippen LogP contribution in [-0.4, -0.2) is 18.9 Å². The molecule has 1 atom stereocenters. The highest BCUT2D eigenvalue weighted by atomic mass is 35.5. The first kappa shape index (κ1) is 15.1. The second-order valence-corrected chi connectivity index (χ2v) is 6.72. The van der Waals surface area contributed by atoms with E-state index in [4.69, 9.17) is 22.1 Å². The average molecular weight is 336 g/mol. The second kappa shape index (κ2) is 5.74. The van der Waals surface area contributed by atoms with Crippen molar-refractivity contribution in [2.24, 2.45) is 5.92 Å². The molecule has 1 aliphatic rings. The third-order valence-electron chi connectivity index (χ3n) is 3.88. The minimum Gasteiger partial charge on any atom is -0.469 e. The fraction of sp³-hybridized carbons (Fsp3) is 0.250. The van der Waals surface area contributed by atoms with Gasteiger partial charge in [0.25, 0.3) is 0 Å². The number of rotatable bonds is 3. The number of nitrogen functional groups attached to an aromatic ring is 1. The maximum absolute atomic E-state index is 12.8. The normalized spacial score (nSPS) is 16.4. The molecule has 0 fully saturated rings. The second-order valence-electron chi connectivity index (χ2n) is 5.18. The van der Waals surface area contributed by atoms with E-state index in [9.17, 15) is 9.59 Å². The molecule has 0 radical (unpaired) electrons. The van der Waals surface area contributed by atoms with Crippen LogP contribution >= 0.6 is 22.9 Å². The number of ketones is 1. The van der Waals surface area contributed by atoms with Gasteiger partial charge in [0, 0.05) is 10.4 Å². The van der Waals surface area contributed by atoms with Crippen LogP contribution in [0.1, 0.15) is 26.4 Å². The molecular weight excluding hydrogens is 322 g/mol. The highest BCUT2D eigenvalue weighted by molar-refractivity contribution is 7.16. The van der Waals surface area contributed by atoms with Gasteiger partial charge >= 0.3 is 5.97 Å². The molecule has 1 heterocycles. The van der Waals surface area contributed by atoms with Gasteiger partial charge < -0.3 is 10.5 Å². The van der Waals surface area contributed by atoms with E-state index >= 15 is 0 Å². The minimum atomic E-state index is -0.252. The Bertz CT molecular complexity index is 769. The fourth-order valence-electron chi connectivity index (χ4n) is 2.82. The van der Waals surface area contributed by atoms with Crippen LogP contribution in [0.3, 0.4) is 0 Å². The number of anilines is 1. The van der Waals surface area contributed by atoms with Gasteiger partial charge in [-0.1, -0.05) is 23.7 Å². The van der Waals surface area contributed by atoms with Gasteiger partial charge in [-0.15, -0.1) is 11.3 Å². The van der Waals surface area contributed by atoms with Gasteiger partial charge in [0.1, 0.15) is 0 Å². The number of nitrogens with two attached hydrogens (primary N) is 1. The molecule has 2 N–H and O–H groups in total. The smallest absolute Gasteiger partial charge is 0.309 e. The molecule has 6 heteroatoms. The van der Waals surface area contributed by atoms with Crippen molar-refractivity contribution < 1.29 is 14.3 Å². The van der Waals surface area contributed by atoms with Crippen LogP contribution in [-0.2, 0) is 22.4 Å². The lowest BCUT2D eigenvalue weighted by atomic mass is 9.99. The number of thiophene rings is 1. The average Bonchev–Trinajstić information content (AvgIpc) is 3.02. The van der Waals surface area contributed by atoms with E-state index < -0.39 is 0 Å². The van der Waals surface area contributed by atoms with E-state index in [2.05, 4.69) is 0 Å². The van der Waals surface area contributed by atoms with E-state index in [0.717, 1.165) is 10.4 Å². The van der Waals surface area contributed by atoms with E-state index in [1.54, 1.807) is 24.3 Å². The van der Waals surface area contributed by atoms with Crippen molar-refractivity contribution in [2.45, 2.75) is 12.8 Å². The number of benzene rings is 1. The molecule has 2 aromatic rings. The zero-order valence-electron chi connectivity index (χ0n) is 11.9. The number of methoxy groups -OCH3 is 1. The van der Waals surface area contributed by atoms with Crippen molar-refractivity contribution in [2.75, 3.05) is 12.8 Å². The van der Waals surface area contributed by atoms with Crippen molar-refractivity contribution in [3.8, 4) is 0 Å². The monoisotopic (exact) mass is 335 g/mol. The van der Waals surface area contributed by atoms with Crippen molar-refractivity contribution in [3.63, 3.8) is 0 Å². The summed E-state index contributed by atoms with van der Waals surface area (Å²) >= 11 is 7.48. The predicted molar refractivity (Wildman–Crippen MR) is 86.5 cm³/mol. The van der Waals surface area contributed by atoms with Gasteiger partial charge in [-0.05, 0) is 30.5 Å². The molecular formula is C16H14ClNO3S. The maximum atomic E-state index is 12.8. The highest BCUT2D eigenvalue weighted by Crippen LogP contribution is 2.41. The summed E-state index contributed by atoms with van der Waals surface area (Å²) in [5.41, 5.74) is 7.81. The van der Waals surface area contributed by atoms with E-state index in [1.165, 1.54) is 18.4 Å². The van der Waals surface area contributed by atoms with Gasteiger partial charge in [-0.25, -0.2) is 0 Å². The third-order valence-corrected chi connectivity index (χ3v) is 5.29. The lowest BCUT2D eigenvalue weighted by molar-refractivity contribution is -0.145. The maximum Gasteiger partial charge on any atom is 0.309 e. The first-order valence-electron chi connectivity index (χ1n) is 6.80. The van der Waals surface area contributed by atoms with Crippen LogP contribution in [0.15, 0.2) is 24.3 Å². The number of hydrogen-bond acceptors (Lipinski definition) is 5. The molecule has 1 aliphatic carbocycles. The van der Waals surface area contributed by atoms with Crippen LogP contribution in [0.4, 0.5) is 5.00 Å². The molecule has 22 heavy (non-hydrogen) atoms. The number of hydrogen-bond donors (Lipinski definition) is 1. The van der Waals surface area contributed by atoms with Crippen molar-refractivity contribution in [3.05, 3.63) is 50.9 Å². The Morgan fingerprint density at radius 3 is 2.73 bits per heavy atom. The summed E-state index contributed by atoms with van der Waals surface area (Å²) in [6.45, 7) is 0. The Morgan fingerprint density at radius 2 is 2.05 bits per heavy atom. The fourth-order valence-corrected chi connectivity index (χ4v) is 4.22. The van der Waals surface area contributed by atoms with Crippen LogP contribution in [0.25, 0.3) is 0 Å². The van der Waals surface area contributed by atoms with Crippen molar-refractivity contribution >= 4 is 39.7 Å². The first-order chi connectivity index (χ1) is 10.5. The van der Waals surface area contributed by atoms with Gasteiger partial charge in [0.2, 0.25) is 0 Å². The van der Waals surface area contributed by atoms with Gasteiger partial charge in [-0.3, -0.25) is 9.59 Å². The van der Waals surface area contributed by atoms with Crippen molar-refractivity contribution in [1.82, 2.24) is 0 Å². The summed E-state index contributed by atoms with van der Waals surface area (Å²) in [5, 5.41) is 0.882. The molecule has 0 aliphatic heterocycles. The Kier molecular flexibility index (Phi) is 3.93. The molecule has 1 aromatic carbocycles. The number of esters is 1. The van der Waals surface area contributed by atoms with Gasteiger partial charge in [-0.2, -0.15) is 0 Å². The van der Waals surface area contributed by atoms with Gasteiger partial charge in [0.05, 0.1) is 28.6 Å². The number of carbonyl (C=O) groups is 2. The molecule has 0 saturated carbocycles. The zero-order valence-corrected chi connectivity index (χ0v) is 13.5. The Morgan fingerprint density at radius 1 is 1.32 bits per heavy atom. The zero-order chi connectivity index (χ0) is 15.9. The summed E-state index contributed by atoms with van der Waals surface area (Å²) in [6, 6.07) is 6.89. The molecule has 4 nitrogen and oxygen atoms in total.